The van der Waals surface area contributed by atoms with Crippen LogP contribution in [-0.2, 0) is 4.79 Å². The number of nitrogens with one attached hydrogen (secondary N) is 1. The lowest BCUT2D eigenvalue weighted by Crippen LogP contribution is -2.31. The van der Waals surface area contributed by atoms with Crippen molar-refractivity contribution in [2.75, 3.05) is 13.1 Å². The van der Waals surface area contributed by atoms with Gasteiger partial charge in [0, 0.05) is 5.92 Å². The summed E-state index contributed by atoms with van der Waals surface area (Å²) in [7, 11) is 0. The Balaban J connectivity index is 2.31. The SMILES string of the molecule is O=C([CH2][Al])C1CCNCC1. The third kappa shape index (κ3) is 2.09. The normalized spacial score (nSPS) is 20.8. The topological polar surface area (TPSA) is 29.1 Å². The molecule has 2 nitrogen and oxygen atoms in total. The summed E-state index contributed by atoms with van der Waals surface area (Å²) in [6.45, 7) is 2.03. The Morgan fingerprint density at radius 1 is 1.50 bits per heavy atom. The van der Waals surface area contributed by atoms with Crippen molar-refractivity contribution in [2.45, 2.75) is 18.1 Å². The van der Waals surface area contributed by atoms with Gasteiger partial charge in [0.1, 0.15) is 22.1 Å². The Kier molecular flexibility index (Phi) is 3.41. The van der Waals surface area contributed by atoms with E-state index in [1.807, 2.05) is 0 Å². The van der Waals surface area contributed by atoms with Crippen LogP contribution in [0.2, 0.25) is 5.28 Å². The lowest BCUT2D eigenvalue weighted by Gasteiger charge is -2.20. The zero-order valence-corrected chi connectivity index (χ0v) is 7.25. The van der Waals surface area contributed by atoms with Gasteiger partial charge in [-0.25, -0.2) is 0 Å². The third-order valence-corrected chi connectivity index (χ3v) is 2.40. The summed E-state index contributed by atoms with van der Waals surface area (Å²) >= 11 is 2.50. The van der Waals surface area contributed by atoms with Gasteiger partial charge in [0.15, 0.2) is 0 Å². The van der Waals surface area contributed by atoms with Crippen LogP contribution in [0.5, 0.6) is 0 Å². The minimum Gasteiger partial charge on any atom is -0.317 e. The molecule has 1 rings (SSSR count). The van der Waals surface area contributed by atoms with E-state index in [0.717, 1.165) is 25.9 Å². The molecule has 0 saturated carbocycles. The molecular formula is C7H12AlNO. The van der Waals surface area contributed by atoms with Crippen LogP contribution < -0.4 is 5.32 Å². The molecule has 0 aliphatic carbocycles. The van der Waals surface area contributed by atoms with Gasteiger partial charge >= 0.3 is 0 Å². The van der Waals surface area contributed by atoms with E-state index < -0.39 is 0 Å². The van der Waals surface area contributed by atoms with Gasteiger partial charge < -0.3 is 10.1 Å². The van der Waals surface area contributed by atoms with Gasteiger partial charge in [-0.1, -0.05) is 5.28 Å². The second-order valence-electron chi connectivity index (χ2n) is 2.69. The molecule has 0 aromatic heterocycles. The van der Waals surface area contributed by atoms with Crippen molar-refractivity contribution in [1.82, 2.24) is 5.32 Å². The highest BCUT2D eigenvalue weighted by Crippen LogP contribution is 2.13. The average molecular weight is 153 g/mol. The molecule has 0 aromatic carbocycles. The van der Waals surface area contributed by atoms with E-state index in [-0.39, 0.29) is 0 Å². The molecule has 1 aliphatic rings. The molecule has 0 unspecified atom stereocenters. The van der Waals surface area contributed by atoms with E-state index in [4.69, 9.17) is 0 Å². The smallest absolute Gasteiger partial charge is 0.130 e. The van der Waals surface area contributed by atoms with Crippen molar-refractivity contribution in [3.63, 3.8) is 0 Å². The lowest BCUT2D eigenvalue weighted by atomic mass is 9.94. The van der Waals surface area contributed by atoms with Crippen LogP contribution in [0.25, 0.3) is 0 Å². The number of ketones is 1. The summed E-state index contributed by atoms with van der Waals surface area (Å²) in [5, 5.41) is 3.86. The largest absolute Gasteiger partial charge is 0.317 e. The van der Waals surface area contributed by atoms with Crippen molar-refractivity contribution >= 4 is 22.1 Å². The molecule has 0 aromatic rings. The number of carbonyl (C=O) groups excluding carboxylic acids is 1. The molecule has 1 saturated heterocycles. The predicted octanol–water partition coefficient (Wildman–Crippen LogP) is 0.142. The van der Waals surface area contributed by atoms with Gasteiger partial charge in [0.25, 0.3) is 0 Å². The fraction of sp³-hybridized carbons (Fsp3) is 0.857. The Morgan fingerprint density at radius 3 is 2.60 bits per heavy atom. The van der Waals surface area contributed by atoms with E-state index in [1.54, 1.807) is 0 Å². The molecular weight excluding hydrogens is 141 g/mol. The zero-order valence-electron chi connectivity index (χ0n) is 6.10. The first-order chi connectivity index (χ1) is 4.84. The van der Waals surface area contributed by atoms with Gasteiger partial charge in [-0.2, -0.15) is 0 Å². The molecule has 54 valence electrons. The number of hydrogen-bond donors (Lipinski definition) is 1. The summed E-state index contributed by atoms with van der Waals surface area (Å²) in [5.74, 6) is 0.755. The lowest BCUT2D eigenvalue weighted by molar-refractivity contribution is -0.121. The molecule has 2 radical (unpaired) electrons. The van der Waals surface area contributed by atoms with E-state index in [2.05, 4.69) is 21.6 Å². The van der Waals surface area contributed by atoms with Crippen LogP contribution in [0.4, 0.5) is 0 Å². The first kappa shape index (κ1) is 8.26. The van der Waals surface area contributed by atoms with E-state index in [1.165, 1.54) is 0 Å². The van der Waals surface area contributed by atoms with Crippen molar-refractivity contribution in [1.29, 1.82) is 0 Å². The summed E-state index contributed by atoms with van der Waals surface area (Å²) < 4.78 is 0. The zero-order chi connectivity index (χ0) is 7.40. The molecule has 0 amide bonds. The Bertz CT molecular complexity index is 121. The van der Waals surface area contributed by atoms with E-state index >= 15 is 0 Å². The number of Topliss-reactive ketones (excluding diaryl/α,β-unsaturated/α-hetero) is 1. The van der Waals surface area contributed by atoms with Crippen LogP contribution >= 0.6 is 0 Å². The maximum atomic E-state index is 11.1. The Hall–Kier alpha value is 0.162. The van der Waals surface area contributed by atoms with Crippen LogP contribution in [0.3, 0.4) is 0 Å². The highest BCUT2D eigenvalue weighted by molar-refractivity contribution is 6.20. The van der Waals surface area contributed by atoms with Crippen LogP contribution in [0.15, 0.2) is 0 Å². The number of carbonyl (C=O) groups is 1. The van der Waals surface area contributed by atoms with Crippen LogP contribution in [0.1, 0.15) is 12.8 Å². The number of hydrogen-bond acceptors (Lipinski definition) is 2. The molecule has 3 heteroatoms. The van der Waals surface area contributed by atoms with Crippen molar-refractivity contribution < 1.29 is 4.79 Å². The molecule has 1 heterocycles. The fourth-order valence-electron chi connectivity index (χ4n) is 1.31. The molecule has 1 N–H and O–H groups in total. The van der Waals surface area contributed by atoms with Gasteiger partial charge in [-0.15, -0.1) is 0 Å². The van der Waals surface area contributed by atoms with E-state index in [9.17, 15) is 4.79 Å². The molecule has 1 aliphatic heterocycles. The average Bonchev–Trinajstić information content (AvgIpc) is 2.05. The van der Waals surface area contributed by atoms with Gasteiger partial charge in [-0.05, 0) is 25.9 Å². The van der Waals surface area contributed by atoms with Gasteiger partial charge in [0.2, 0.25) is 0 Å². The van der Waals surface area contributed by atoms with E-state index in [0.29, 0.717) is 17.0 Å². The maximum absolute atomic E-state index is 11.1. The molecule has 10 heavy (non-hydrogen) atoms. The first-order valence-electron chi connectivity index (χ1n) is 3.78. The monoisotopic (exact) mass is 153 g/mol. The number of piperidine rings is 1. The summed E-state index contributed by atoms with van der Waals surface area (Å²) in [4.78, 5) is 11.1. The highest BCUT2D eigenvalue weighted by atomic mass is 27.0. The summed E-state index contributed by atoms with van der Waals surface area (Å²) in [6.07, 6.45) is 2.07. The standard InChI is InChI=1S/C7H12NO.Al/c1-6(9)7-2-4-8-5-3-7;/h7-8H,1-5H2;. The molecule has 0 spiro atoms. The minimum atomic E-state index is 0.346. The quantitative estimate of drug-likeness (QED) is 0.572. The van der Waals surface area contributed by atoms with Crippen LogP contribution in [0, 0.1) is 5.92 Å². The van der Waals surface area contributed by atoms with Gasteiger partial charge in [0.05, 0.1) is 0 Å². The van der Waals surface area contributed by atoms with Gasteiger partial charge in [-0.3, -0.25) is 0 Å². The Labute approximate surface area is 69.8 Å². The second kappa shape index (κ2) is 4.13. The highest BCUT2D eigenvalue weighted by Gasteiger charge is 2.17. The molecule has 0 bridgehead atoms. The number of rotatable bonds is 2. The van der Waals surface area contributed by atoms with Crippen molar-refractivity contribution in [2.24, 2.45) is 5.92 Å². The summed E-state index contributed by atoms with van der Waals surface area (Å²) in [6, 6.07) is 0. The van der Waals surface area contributed by atoms with Crippen LogP contribution in [-0.4, -0.2) is 35.2 Å². The molecule has 0 atom stereocenters. The fourth-order valence-corrected chi connectivity index (χ4v) is 1.64. The Morgan fingerprint density at radius 2 is 2.10 bits per heavy atom. The van der Waals surface area contributed by atoms with Crippen molar-refractivity contribution in [3.8, 4) is 0 Å². The minimum absolute atomic E-state index is 0.346. The summed E-state index contributed by atoms with van der Waals surface area (Å²) in [5.41, 5.74) is 0. The maximum Gasteiger partial charge on any atom is 0.130 e. The molecule has 1 fully saturated rings. The first-order valence-corrected chi connectivity index (χ1v) is 4.59. The third-order valence-electron chi connectivity index (χ3n) is 2.00. The predicted molar refractivity (Wildman–Crippen MR) is 41.2 cm³/mol. The second-order valence-corrected chi connectivity index (χ2v) is 3.10. The van der Waals surface area contributed by atoms with Crippen molar-refractivity contribution in [3.05, 3.63) is 0 Å².